The molecule has 1 atom stereocenters. The molecule has 1 aromatic carbocycles. The summed E-state index contributed by atoms with van der Waals surface area (Å²) in [5.41, 5.74) is 1.31. The molecule has 0 spiro atoms. The zero-order valence-electron chi connectivity index (χ0n) is 17.9. The lowest BCUT2D eigenvalue weighted by molar-refractivity contribution is -0.131. The van der Waals surface area contributed by atoms with Crippen molar-refractivity contribution in [1.29, 1.82) is 0 Å². The molecule has 5 aliphatic rings. The van der Waals surface area contributed by atoms with Crippen LogP contribution >= 0.6 is 0 Å². The van der Waals surface area contributed by atoms with E-state index in [1.807, 2.05) is 11.0 Å². The predicted octanol–water partition coefficient (Wildman–Crippen LogP) is 3.88. The van der Waals surface area contributed by atoms with E-state index >= 15 is 0 Å². The van der Waals surface area contributed by atoms with Crippen LogP contribution in [0.4, 0.5) is 4.79 Å². The van der Waals surface area contributed by atoms with Crippen LogP contribution in [0.3, 0.4) is 0 Å². The predicted molar refractivity (Wildman–Crippen MR) is 117 cm³/mol. The number of carbonyl (C=O) groups is 2. The van der Waals surface area contributed by atoms with Gasteiger partial charge in [-0.1, -0.05) is 30.3 Å². The van der Waals surface area contributed by atoms with Gasteiger partial charge in [0.15, 0.2) is 0 Å². The van der Waals surface area contributed by atoms with Crippen LogP contribution in [0.25, 0.3) is 0 Å². The molecule has 1 saturated heterocycles. The molecule has 0 radical (unpaired) electrons. The number of benzene rings is 1. The van der Waals surface area contributed by atoms with E-state index in [0.717, 1.165) is 62.8 Å². The zero-order chi connectivity index (χ0) is 20.6. The third-order valence-corrected chi connectivity index (χ3v) is 8.05. The summed E-state index contributed by atoms with van der Waals surface area (Å²) in [7, 11) is 0. The first-order valence-electron chi connectivity index (χ1n) is 12.0. The van der Waals surface area contributed by atoms with Crippen LogP contribution in [-0.2, 0) is 11.2 Å². The van der Waals surface area contributed by atoms with E-state index in [4.69, 9.17) is 0 Å². The lowest BCUT2D eigenvalue weighted by Gasteiger charge is -2.56. The third kappa shape index (κ3) is 4.21. The molecule has 1 unspecified atom stereocenters. The van der Waals surface area contributed by atoms with E-state index in [-0.39, 0.29) is 17.5 Å². The lowest BCUT2D eigenvalue weighted by atomic mass is 9.53. The quantitative estimate of drug-likeness (QED) is 0.749. The molecular formula is C25H35N3O2. The fourth-order valence-corrected chi connectivity index (χ4v) is 7.24. The molecule has 5 nitrogen and oxygen atoms in total. The largest absolute Gasteiger partial charge is 0.339 e. The van der Waals surface area contributed by atoms with Crippen molar-refractivity contribution in [3.8, 4) is 0 Å². The zero-order valence-corrected chi connectivity index (χ0v) is 17.9. The van der Waals surface area contributed by atoms with Gasteiger partial charge in [0.1, 0.15) is 0 Å². The first-order chi connectivity index (χ1) is 14.6. The minimum absolute atomic E-state index is 0.0264. The Hall–Kier alpha value is -2.04. The second-order valence-corrected chi connectivity index (χ2v) is 10.4. The second kappa shape index (κ2) is 8.24. The van der Waals surface area contributed by atoms with E-state index in [0.29, 0.717) is 19.0 Å². The van der Waals surface area contributed by atoms with Gasteiger partial charge in [0.05, 0.1) is 0 Å². The highest BCUT2D eigenvalue weighted by molar-refractivity contribution is 5.79. The van der Waals surface area contributed by atoms with Gasteiger partial charge in [-0.2, -0.15) is 0 Å². The number of amides is 3. The van der Waals surface area contributed by atoms with E-state index in [1.54, 1.807) is 0 Å². The molecule has 5 heteroatoms. The number of hydrogen-bond acceptors (Lipinski definition) is 2. The maximum Gasteiger partial charge on any atom is 0.315 e. The van der Waals surface area contributed by atoms with Crippen molar-refractivity contribution in [3.63, 3.8) is 0 Å². The molecular weight excluding hydrogens is 374 g/mol. The number of carbonyl (C=O) groups excluding carboxylic acids is 2. The highest BCUT2D eigenvalue weighted by Gasteiger charge is 2.51. The van der Waals surface area contributed by atoms with Crippen LogP contribution in [0.2, 0.25) is 0 Å². The standard InChI is InChI=1S/C25H35N3O2/c29-23(28-10-4-7-22(28)14-18-5-2-1-3-6-18)8-9-26-24(30)27-25-15-19-11-20(16-25)13-21(12-19)17-25/h1-3,5-6,19-22H,4,7-17H2,(H2,26,27,30). The van der Waals surface area contributed by atoms with E-state index in [9.17, 15) is 9.59 Å². The summed E-state index contributed by atoms with van der Waals surface area (Å²) in [6, 6.07) is 10.6. The molecule has 1 aromatic rings. The molecule has 5 fully saturated rings. The first-order valence-corrected chi connectivity index (χ1v) is 12.0. The van der Waals surface area contributed by atoms with E-state index < -0.39 is 0 Å². The van der Waals surface area contributed by atoms with E-state index in [1.165, 1.54) is 24.8 Å². The summed E-state index contributed by atoms with van der Waals surface area (Å²) < 4.78 is 0. The Labute approximate surface area is 180 Å². The molecule has 0 aromatic heterocycles. The Morgan fingerprint density at radius 3 is 2.33 bits per heavy atom. The topological polar surface area (TPSA) is 61.4 Å². The van der Waals surface area contributed by atoms with Crippen molar-refractivity contribution < 1.29 is 9.59 Å². The van der Waals surface area contributed by atoms with Gasteiger partial charge >= 0.3 is 6.03 Å². The summed E-state index contributed by atoms with van der Waals surface area (Å²) in [6.45, 7) is 1.27. The van der Waals surface area contributed by atoms with Gasteiger partial charge in [0.2, 0.25) is 5.91 Å². The Morgan fingerprint density at radius 1 is 1.00 bits per heavy atom. The van der Waals surface area contributed by atoms with Crippen molar-refractivity contribution in [3.05, 3.63) is 35.9 Å². The van der Waals surface area contributed by atoms with Crippen molar-refractivity contribution in [2.75, 3.05) is 13.1 Å². The highest BCUT2D eigenvalue weighted by Crippen LogP contribution is 2.55. The van der Waals surface area contributed by atoms with Gasteiger partial charge in [0.25, 0.3) is 0 Å². The van der Waals surface area contributed by atoms with Crippen LogP contribution in [0.5, 0.6) is 0 Å². The van der Waals surface area contributed by atoms with Crippen LogP contribution in [-0.4, -0.2) is 41.5 Å². The van der Waals surface area contributed by atoms with E-state index in [2.05, 4.69) is 34.9 Å². The maximum absolute atomic E-state index is 12.8. The van der Waals surface area contributed by atoms with Crippen LogP contribution in [0.15, 0.2) is 30.3 Å². The Morgan fingerprint density at radius 2 is 1.67 bits per heavy atom. The minimum atomic E-state index is -0.0768. The van der Waals surface area contributed by atoms with Crippen molar-refractivity contribution in [2.45, 2.75) is 75.8 Å². The monoisotopic (exact) mass is 409 g/mol. The van der Waals surface area contributed by atoms with Gasteiger partial charge in [-0.25, -0.2) is 4.79 Å². The van der Waals surface area contributed by atoms with Gasteiger partial charge in [-0.05, 0) is 81.1 Å². The van der Waals surface area contributed by atoms with Gasteiger partial charge in [0, 0.05) is 31.1 Å². The first kappa shape index (κ1) is 19.9. The molecule has 4 aliphatic carbocycles. The number of hydrogen-bond donors (Lipinski definition) is 2. The van der Waals surface area contributed by atoms with Crippen LogP contribution in [0.1, 0.15) is 63.4 Å². The fraction of sp³-hybridized carbons (Fsp3) is 0.680. The Kier molecular flexibility index (Phi) is 5.46. The van der Waals surface area contributed by atoms with Crippen LogP contribution < -0.4 is 10.6 Å². The molecule has 1 aliphatic heterocycles. The van der Waals surface area contributed by atoms with Gasteiger partial charge in [-0.15, -0.1) is 0 Å². The number of urea groups is 1. The normalized spacial score (nSPS) is 34.2. The summed E-state index contributed by atoms with van der Waals surface area (Å²) in [6.07, 6.45) is 11.0. The van der Waals surface area contributed by atoms with Crippen LogP contribution in [0, 0.1) is 17.8 Å². The van der Waals surface area contributed by atoms with Crippen molar-refractivity contribution in [2.24, 2.45) is 17.8 Å². The van der Waals surface area contributed by atoms with Gasteiger partial charge < -0.3 is 15.5 Å². The SMILES string of the molecule is O=C(NCCC(=O)N1CCCC1Cc1ccccc1)NC12CC3CC(CC(C3)C1)C2. The van der Waals surface area contributed by atoms with Crippen molar-refractivity contribution in [1.82, 2.24) is 15.5 Å². The third-order valence-electron chi connectivity index (χ3n) is 8.05. The number of nitrogens with one attached hydrogen (secondary N) is 2. The average Bonchev–Trinajstić information content (AvgIpc) is 3.15. The number of nitrogens with zero attached hydrogens (tertiary/aromatic N) is 1. The average molecular weight is 410 g/mol. The molecule has 4 saturated carbocycles. The molecule has 3 amide bonds. The number of likely N-dealkylation sites (tertiary alicyclic amines) is 1. The summed E-state index contributed by atoms with van der Waals surface area (Å²) in [5, 5.41) is 6.31. The Balaban J connectivity index is 1.08. The molecule has 30 heavy (non-hydrogen) atoms. The van der Waals surface area contributed by atoms with Gasteiger partial charge in [-0.3, -0.25) is 4.79 Å². The lowest BCUT2D eigenvalue weighted by Crippen LogP contribution is -2.61. The maximum atomic E-state index is 12.8. The minimum Gasteiger partial charge on any atom is -0.339 e. The second-order valence-electron chi connectivity index (χ2n) is 10.4. The smallest absolute Gasteiger partial charge is 0.315 e. The molecule has 2 N–H and O–H groups in total. The number of rotatable bonds is 6. The van der Waals surface area contributed by atoms with Crippen molar-refractivity contribution >= 4 is 11.9 Å². The molecule has 162 valence electrons. The molecule has 1 heterocycles. The molecule has 4 bridgehead atoms. The summed E-state index contributed by atoms with van der Waals surface area (Å²) in [4.78, 5) is 27.4. The fourth-order valence-electron chi connectivity index (χ4n) is 7.24. The molecule has 6 rings (SSSR count). The summed E-state index contributed by atoms with van der Waals surface area (Å²) >= 11 is 0. The summed E-state index contributed by atoms with van der Waals surface area (Å²) in [5.74, 6) is 2.61. The Bertz CT molecular complexity index is 743. The highest BCUT2D eigenvalue weighted by atomic mass is 16.2.